The standard InChI is InChI=1S/C21H18BrClN2O2/c1-13-18(20(22)14(2)25(13)16-7-5-4-6-8-16)12-24-15-9-10-17(19(23)11-15)21(26)27-3/h4-12H,1-3H3. The highest BCUT2D eigenvalue weighted by molar-refractivity contribution is 9.10. The minimum atomic E-state index is -0.468. The summed E-state index contributed by atoms with van der Waals surface area (Å²) in [6.07, 6.45) is 1.80. The first-order chi connectivity index (χ1) is 12.9. The minimum absolute atomic E-state index is 0.310. The van der Waals surface area contributed by atoms with Crippen LogP contribution in [-0.4, -0.2) is 23.9 Å². The minimum Gasteiger partial charge on any atom is -0.465 e. The molecule has 2 aromatic carbocycles. The van der Waals surface area contributed by atoms with Crippen molar-refractivity contribution in [2.24, 2.45) is 4.99 Å². The van der Waals surface area contributed by atoms with Gasteiger partial charge >= 0.3 is 5.97 Å². The lowest BCUT2D eigenvalue weighted by Crippen LogP contribution is -2.01. The first kappa shape index (κ1) is 19.4. The second kappa shape index (κ2) is 8.11. The van der Waals surface area contributed by atoms with Gasteiger partial charge in [-0.1, -0.05) is 29.8 Å². The van der Waals surface area contributed by atoms with E-state index in [4.69, 9.17) is 16.3 Å². The monoisotopic (exact) mass is 444 g/mol. The highest BCUT2D eigenvalue weighted by Gasteiger charge is 2.16. The van der Waals surface area contributed by atoms with E-state index in [1.807, 2.05) is 18.2 Å². The van der Waals surface area contributed by atoms with E-state index in [2.05, 4.69) is 51.5 Å². The Balaban J connectivity index is 1.97. The molecule has 0 aliphatic carbocycles. The third kappa shape index (κ3) is 3.84. The molecule has 0 spiro atoms. The third-order valence-corrected chi connectivity index (χ3v) is 5.64. The van der Waals surface area contributed by atoms with Gasteiger partial charge in [-0.2, -0.15) is 0 Å². The average Bonchev–Trinajstić information content (AvgIpc) is 2.89. The van der Waals surface area contributed by atoms with Crippen LogP contribution in [0, 0.1) is 13.8 Å². The van der Waals surface area contributed by atoms with Crippen LogP contribution in [0.4, 0.5) is 5.69 Å². The summed E-state index contributed by atoms with van der Waals surface area (Å²) in [6, 6.07) is 15.2. The van der Waals surface area contributed by atoms with Crippen molar-refractivity contribution in [3.63, 3.8) is 0 Å². The molecule has 0 aliphatic rings. The molecule has 0 aliphatic heterocycles. The number of esters is 1. The van der Waals surface area contributed by atoms with E-state index in [1.165, 1.54) is 7.11 Å². The normalized spacial score (nSPS) is 11.1. The van der Waals surface area contributed by atoms with Gasteiger partial charge in [0.2, 0.25) is 0 Å². The van der Waals surface area contributed by atoms with Gasteiger partial charge in [0.25, 0.3) is 0 Å². The molecule has 0 saturated carbocycles. The van der Waals surface area contributed by atoms with E-state index >= 15 is 0 Å². The van der Waals surface area contributed by atoms with Gasteiger partial charge in [0.05, 0.1) is 23.4 Å². The number of nitrogens with zero attached hydrogens (tertiary/aromatic N) is 2. The zero-order valence-electron chi connectivity index (χ0n) is 15.2. The summed E-state index contributed by atoms with van der Waals surface area (Å²) < 4.78 is 7.87. The van der Waals surface area contributed by atoms with E-state index in [1.54, 1.807) is 24.4 Å². The molecule has 0 amide bonds. The summed E-state index contributed by atoms with van der Waals surface area (Å²) >= 11 is 9.85. The maximum atomic E-state index is 11.6. The summed E-state index contributed by atoms with van der Waals surface area (Å²) in [5.41, 5.74) is 5.24. The van der Waals surface area contributed by atoms with Crippen LogP contribution in [0.1, 0.15) is 27.3 Å². The van der Waals surface area contributed by atoms with Crippen molar-refractivity contribution in [3.05, 3.63) is 80.5 Å². The summed E-state index contributed by atoms with van der Waals surface area (Å²) in [4.78, 5) is 16.2. The van der Waals surface area contributed by atoms with E-state index in [0.29, 0.717) is 16.3 Å². The first-order valence-corrected chi connectivity index (χ1v) is 9.46. The average molecular weight is 446 g/mol. The fourth-order valence-corrected chi connectivity index (χ4v) is 3.76. The van der Waals surface area contributed by atoms with Crippen molar-refractivity contribution in [1.82, 2.24) is 4.57 Å². The van der Waals surface area contributed by atoms with Gasteiger partial charge in [0.1, 0.15) is 0 Å². The predicted octanol–water partition coefficient (Wildman–Crippen LogP) is 6.05. The smallest absolute Gasteiger partial charge is 0.339 e. The predicted molar refractivity (Wildman–Crippen MR) is 113 cm³/mol. The quantitative estimate of drug-likeness (QED) is 0.362. The number of rotatable bonds is 4. The second-order valence-corrected chi connectivity index (χ2v) is 7.18. The molecule has 0 atom stereocenters. The number of benzene rings is 2. The lowest BCUT2D eigenvalue weighted by atomic mass is 10.2. The Kier molecular flexibility index (Phi) is 5.82. The van der Waals surface area contributed by atoms with Crippen molar-refractivity contribution in [2.45, 2.75) is 13.8 Å². The Morgan fingerprint density at radius 1 is 1.15 bits per heavy atom. The molecule has 6 heteroatoms. The largest absolute Gasteiger partial charge is 0.465 e. The van der Waals surface area contributed by atoms with Crippen LogP contribution in [0.25, 0.3) is 5.69 Å². The Hall–Kier alpha value is -2.37. The van der Waals surface area contributed by atoms with Crippen LogP contribution in [0.5, 0.6) is 0 Å². The molecule has 0 N–H and O–H groups in total. The van der Waals surface area contributed by atoms with Gasteiger partial charge in [-0.25, -0.2) is 4.79 Å². The molecule has 1 heterocycles. The first-order valence-electron chi connectivity index (χ1n) is 8.28. The zero-order chi connectivity index (χ0) is 19.6. The summed E-state index contributed by atoms with van der Waals surface area (Å²) in [7, 11) is 1.32. The van der Waals surface area contributed by atoms with Crippen LogP contribution < -0.4 is 0 Å². The number of hydrogen-bond acceptors (Lipinski definition) is 3. The summed E-state index contributed by atoms with van der Waals surface area (Å²) in [5.74, 6) is -0.468. The Bertz CT molecular complexity index is 1030. The maximum Gasteiger partial charge on any atom is 0.339 e. The SMILES string of the molecule is COC(=O)c1ccc(N=Cc2c(Br)c(C)n(-c3ccccc3)c2C)cc1Cl. The molecule has 0 radical (unpaired) electrons. The lowest BCUT2D eigenvalue weighted by Gasteiger charge is -2.08. The maximum absolute atomic E-state index is 11.6. The number of aromatic nitrogens is 1. The van der Waals surface area contributed by atoms with E-state index in [-0.39, 0.29) is 0 Å². The molecular weight excluding hydrogens is 428 g/mol. The van der Waals surface area contributed by atoms with E-state index in [9.17, 15) is 4.79 Å². The molecule has 0 bridgehead atoms. The number of halogens is 2. The molecule has 0 fully saturated rings. The van der Waals surface area contributed by atoms with Crippen LogP contribution in [0.15, 0.2) is 58.0 Å². The molecule has 1 aromatic heterocycles. The van der Waals surface area contributed by atoms with Crippen molar-refractivity contribution < 1.29 is 9.53 Å². The number of carbonyl (C=O) groups is 1. The number of carbonyl (C=O) groups excluding carboxylic acids is 1. The van der Waals surface area contributed by atoms with Crippen molar-refractivity contribution >= 4 is 45.4 Å². The molecule has 3 aromatic rings. The van der Waals surface area contributed by atoms with E-state index in [0.717, 1.165) is 27.1 Å². The van der Waals surface area contributed by atoms with Crippen LogP contribution in [0.2, 0.25) is 5.02 Å². The Morgan fingerprint density at radius 2 is 1.85 bits per heavy atom. The lowest BCUT2D eigenvalue weighted by molar-refractivity contribution is 0.0601. The number of ether oxygens (including phenoxy) is 1. The number of para-hydroxylation sites is 1. The van der Waals surface area contributed by atoms with Gasteiger partial charge in [-0.05, 0) is 60.1 Å². The zero-order valence-corrected chi connectivity index (χ0v) is 17.5. The van der Waals surface area contributed by atoms with Crippen LogP contribution in [-0.2, 0) is 4.74 Å². The van der Waals surface area contributed by atoms with Crippen molar-refractivity contribution in [3.8, 4) is 5.69 Å². The van der Waals surface area contributed by atoms with Gasteiger partial charge in [-0.3, -0.25) is 4.99 Å². The highest BCUT2D eigenvalue weighted by atomic mass is 79.9. The fraction of sp³-hybridized carbons (Fsp3) is 0.143. The summed E-state index contributed by atoms with van der Waals surface area (Å²) in [6.45, 7) is 4.11. The molecule has 4 nitrogen and oxygen atoms in total. The van der Waals surface area contributed by atoms with Gasteiger partial charge in [0, 0.05) is 33.3 Å². The van der Waals surface area contributed by atoms with Gasteiger partial charge in [0.15, 0.2) is 0 Å². The number of hydrogen-bond donors (Lipinski definition) is 0. The van der Waals surface area contributed by atoms with Crippen molar-refractivity contribution in [2.75, 3.05) is 7.11 Å². The van der Waals surface area contributed by atoms with Gasteiger partial charge in [-0.15, -0.1) is 0 Å². The number of methoxy groups -OCH3 is 1. The number of aliphatic imine (C=N–C) groups is 1. The molecule has 138 valence electrons. The third-order valence-electron chi connectivity index (χ3n) is 4.33. The van der Waals surface area contributed by atoms with E-state index < -0.39 is 5.97 Å². The molecule has 0 unspecified atom stereocenters. The van der Waals surface area contributed by atoms with Gasteiger partial charge < -0.3 is 9.30 Å². The highest BCUT2D eigenvalue weighted by Crippen LogP contribution is 2.30. The topological polar surface area (TPSA) is 43.6 Å². The Labute approximate surface area is 171 Å². The molecule has 0 saturated heterocycles. The summed E-state index contributed by atoms with van der Waals surface area (Å²) in [5, 5.41) is 0.310. The Morgan fingerprint density at radius 3 is 2.48 bits per heavy atom. The van der Waals surface area contributed by atoms with Crippen LogP contribution >= 0.6 is 27.5 Å². The fourth-order valence-electron chi connectivity index (χ4n) is 2.94. The van der Waals surface area contributed by atoms with Crippen LogP contribution in [0.3, 0.4) is 0 Å². The molecule has 27 heavy (non-hydrogen) atoms. The molecule has 3 rings (SSSR count). The molecular formula is C21H18BrClN2O2. The van der Waals surface area contributed by atoms with Crippen molar-refractivity contribution in [1.29, 1.82) is 0 Å². The second-order valence-electron chi connectivity index (χ2n) is 5.98.